The first-order chi connectivity index (χ1) is 12.4. The van der Waals surface area contributed by atoms with E-state index in [4.69, 9.17) is 4.74 Å². The van der Waals surface area contributed by atoms with Gasteiger partial charge in [0.05, 0.1) is 6.10 Å². The quantitative estimate of drug-likeness (QED) is 0.173. The normalized spacial score (nSPS) is 17.3. The highest BCUT2D eigenvalue weighted by molar-refractivity contribution is 6.42. The molecule has 1 atom stereocenters. The zero-order valence-corrected chi connectivity index (χ0v) is 18.4. The van der Waals surface area contributed by atoms with Crippen LogP contribution >= 0.6 is 0 Å². The summed E-state index contributed by atoms with van der Waals surface area (Å²) in [6.45, 7) is 3.23. The minimum Gasteiger partial charge on any atom is -0.378 e. The van der Waals surface area contributed by atoms with Gasteiger partial charge >= 0.3 is 0 Å². The van der Waals surface area contributed by atoms with Gasteiger partial charge in [-0.1, -0.05) is 90.0 Å². The van der Waals surface area contributed by atoms with Crippen molar-refractivity contribution < 1.29 is 9.53 Å². The number of hydrogen-bond acceptors (Lipinski definition) is 2. The Morgan fingerprint density at radius 1 is 0.920 bits per heavy atom. The van der Waals surface area contributed by atoms with Gasteiger partial charge in [-0.3, -0.25) is 0 Å². The number of rotatable bonds is 17. The van der Waals surface area contributed by atoms with Gasteiger partial charge in [-0.25, -0.2) is 0 Å². The van der Waals surface area contributed by atoms with Crippen molar-refractivity contribution in [2.75, 3.05) is 6.61 Å². The van der Waals surface area contributed by atoms with Crippen LogP contribution in [0.15, 0.2) is 0 Å². The van der Waals surface area contributed by atoms with Crippen molar-refractivity contribution >= 4 is 15.8 Å². The predicted molar refractivity (Wildman–Crippen MR) is 112 cm³/mol. The van der Waals surface area contributed by atoms with E-state index in [9.17, 15) is 4.79 Å². The van der Waals surface area contributed by atoms with Crippen molar-refractivity contribution in [1.82, 2.24) is 0 Å². The summed E-state index contributed by atoms with van der Waals surface area (Å²) in [6, 6.07) is 1.37. The van der Waals surface area contributed by atoms with Crippen LogP contribution in [-0.4, -0.2) is 28.5 Å². The predicted octanol–water partition coefficient (Wildman–Crippen LogP) is 6.22. The van der Waals surface area contributed by atoms with E-state index < -0.39 is 0 Å². The molecule has 0 amide bonds. The van der Waals surface area contributed by atoms with E-state index in [1.165, 1.54) is 115 Å². The average Bonchev–Trinajstić information content (AvgIpc) is 2.65. The average molecular weight is 369 g/mol. The molecule has 1 unspecified atom stereocenters. The van der Waals surface area contributed by atoms with Crippen LogP contribution < -0.4 is 0 Å². The molecule has 0 aromatic rings. The highest BCUT2D eigenvalue weighted by Crippen LogP contribution is 2.21. The zero-order valence-electron chi connectivity index (χ0n) is 17.0. The maximum Gasteiger partial charge on any atom is 0.119 e. The lowest BCUT2D eigenvalue weighted by Crippen LogP contribution is -2.17. The van der Waals surface area contributed by atoms with Gasteiger partial charge < -0.3 is 9.53 Å². The van der Waals surface area contributed by atoms with E-state index >= 15 is 0 Å². The smallest absolute Gasteiger partial charge is 0.119 e. The van der Waals surface area contributed by atoms with E-state index in [2.05, 4.69) is 6.92 Å². The van der Waals surface area contributed by atoms with Gasteiger partial charge in [0.15, 0.2) is 0 Å². The van der Waals surface area contributed by atoms with Crippen LogP contribution in [0.1, 0.15) is 110 Å². The monoisotopic (exact) mass is 368 g/mol. The number of unbranched alkanes of at least 4 members (excludes halogenated alkanes) is 8. The van der Waals surface area contributed by atoms with Crippen LogP contribution in [0.25, 0.3) is 0 Å². The van der Waals surface area contributed by atoms with E-state index in [-0.39, 0.29) is 9.52 Å². The molecule has 0 aromatic carbocycles. The summed E-state index contributed by atoms with van der Waals surface area (Å²) < 4.78 is 5.99. The number of hydrogen-bond donors (Lipinski definition) is 0. The first-order valence-electron chi connectivity index (χ1n) is 11.4. The minimum atomic E-state index is -0.129. The van der Waals surface area contributed by atoms with Gasteiger partial charge in [-0.05, 0) is 25.7 Å². The second-order valence-corrected chi connectivity index (χ2v) is 10.5. The molecule has 1 rings (SSSR count). The summed E-state index contributed by atoms with van der Waals surface area (Å²) in [6.07, 6.45) is 23.1. The van der Waals surface area contributed by atoms with Gasteiger partial charge in [-0.15, -0.1) is 0 Å². The fourth-order valence-electron chi connectivity index (χ4n) is 3.99. The molecule has 2 nitrogen and oxygen atoms in total. The Hall–Kier alpha value is -0.153. The molecule has 0 heterocycles. The van der Waals surface area contributed by atoms with E-state index in [1.807, 2.05) is 0 Å². The maximum absolute atomic E-state index is 11.1. The van der Waals surface area contributed by atoms with Crippen molar-refractivity contribution in [2.45, 2.75) is 127 Å². The SMILES string of the molecule is CCCC[SiH2]C(C=O)CCCCCCCCCCOC1CCCCC1. The number of aldehydes is 1. The Morgan fingerprint density at radius 2 is 1.56 bits per heavy atom. The van der Waals surface area contributed by atoms with E-state index in [1.54, 1.807) is 0 Å². The number of ether oxygens (including phenoxy) is 1. The maximum atomic E-state index is 11.1. The van der Waals surface area contributed by atoms with Crippen LogP contribution in [0.3, 0.4) is 0 Å². The van der Waals surface area contributed by atoms with Crippen LogP contribution in [0.4, 0.5) is 0 Å². The van der Waals surface area contributed by atoms with Crippen LogP contribution in [0.5, 0.6) is 0 Å². The second-order valence-electron chi connectivity index (χ2n) is 8.14. The minimum absolute atomic E-state index is 0.129. The van der Waals surface area contributed by atoms with Gasteiger partial charge in [0.25, 0.3) is 0 Å². The fourth-order valence-corrected chi connectivity index (χ4v) is 6.01. The number of carbonyl (C=O) groups is 1. The summed E-state index contributed by atoms with van der Waals surface area (Å²) in [4.78, 5) is 11.1. The Morgan fingerprint density at radius 3 is 2.20 bits per heavy atom. The Bertz CT molecular complexity index is 290. The van der Waals surface area contributed by atoms with Crippen molar-refractivity contribution in [2.24, 2.45) is 0 Å². The lowest BCUT2D eigenvalue weighted by Gasteiger charge is -2.21. The molecule has 0 saturated heterocycles. The second kappa shape index (κ2) is 17.3. The largest absolute Gasteiger partial charge is 0.378 e. The third-order valence-electron chi connectivity index (χ3n) is 5.75. The van der Waals surface area contributed by atoms with Crippen LogP contribution in [-0.2, 0) is 9.53 Å². The van der Waals surface area contributed by atoms with Crippen LogP contribution in [0.2, 0.25) is 11.6 Å². The first kappa shape index (κ1) is 22.9. The lowest BCUT2D eigenvalue weighted by molar-refractivity contribution is -0.107. The summed E-state index contributed by atoms with van der Waals surface area (Å²) in [7, 11) is -0.129. The molecule has 148 valence electrons. The van der Waals surface area contributed by atoms with Crippen molar-refractivity contribution in [3.05, 3.63) is 0 Å². The molecule has 1 aliphatic rings. The Balaban J connectivity index is 1.78. The van der Waals surface area contributed by atoms with Gasteiger partial charge in [-0.2, -0.15) is 0 Å². The van der Waals surface area contributed by atoms with E-state index in [0.717, 1.165) is 6.61 Å². The van der Waals surface area contributed by atoms with Crippen LogP contribution in [0, 0.1) is 0 Å². The molecule has 1 saturated carbocycles. The first-order valence-corrected chi connectivity index (χ1v) is 13.3. The molecule has 25 heavy (non-hydrogen) atoms. The summed E-state index contributed by atoms with van der Waals surface area (Å²) in [5.41, 5.74) is 0.468. The van der Waals surface area contributed by atoms with Gasteiger partial charge in [0.2, 0.25) is 0 Å². The third-order valence-corrected chi connectivity index (χ3v) is 8.00. The molecule has 0 aromatic heterocycles. The summed E-state index contributed by atoms with van der Waals surface area (Å²) >= 11 is 0. The summed E-state index contributed by atoms with van der Waals surface area (Å²) in [5, 5.41) is 0. The topological polar surface area (TPSA) is 26.3 Å². The molecule has 3 heteroatoms. The molecule has 0 radical (unpaired) electrons. The van der Waals surface area contributed by atoms with E-state index in [0.29, 0.717) is 11.6 Å². The molecule has 0 spiro atoms. The van der Waals surface area contributed by atoms with Gasteiger partial charge in [0, 0.05) is 21.7 Å². The lowest BCUT2D eigenvalue weighted by atomic mass is 9.98. The molecule has 0 bridgehead atoms. The molecule has 1 aliphatic carbocycles. The molecule has 0 aliphatic heterocycles. The van der Waals surface area contributed by atoms with Crippen molar-refractivity contribution in [1.29, 1.82) is 0 Å². The zero-order chi connectivity index (χ0) is 18.0. The molecular formula is C22H44O2Si. The van der Waals surface area contributed by atoms with Crippen molar-refractivity contribution in [3.63, 3.8) is 0 Å². The molecule has 1 fully saturated rings. The highest BCUT2D eigenvalue weighted by Gasteiger charge is 2.12. The van der Waals surface area contributed by atoms with Gasteiger partial charge in [0.1, 0.15) is 6.29 Å². The number of carbonyl (C=O) groups excluding carboxylic acids is 1. The highest BCUT2D eigenvalue weighted by atomic mass is 28.2. The van der Waals surface area contributed by atoms with Crippen molar-refractivity contribution in [3.8, 4) is 0 Å². The summed E-state index contributed by atoms with van der Waals surface area (Å²) in [5.74, 6) is 0. The molecule has 0 N–H and O–H groups in total. The third kappa shape index (κ3) is 13.7. The Kier molecular flexibility index (Phi) is 15.8. The molecular weight excluding hydrogens is 324 g/mol. The fraction of sp³-hybridized carbons (Fsp3) is 0.955. The standard InChI is InChI=1S/C22H44O2Si/c1-2-3-19-25-22(20-23)17-13-8-6-4-5-7-9-14-18-24-21-15-11-10-12-16-21/h20-22H,2-19,25H2,1H3. The Labute approximate surface area is 159 Å².